The minimum atomic E-state index is 0.0401. The summed E-state index contributed by atoms with van der Waals surface area (Å²) in [6.45, 7) is 3.86. The van der Waals surface area contributed by atoms with E-state index in [1.807, 2.05) is 31.2 Å². The number of para-hydroxylation sites is 1. The topological polar surface area (TPSA) is 54.0 Å². The van der Waals surface area contributed by atoms with Crippen molar-refractivity contribution < 1.29 is 4.79 Å². The van der Waals surface area contributed by atoms with Crippen LogP contribution in [0.25, 0.3) is 10.2 Å². The van der Waals surface area contributed by atoms with Crippen LogP contribution in [0.1, 0.15) is 6.92 Å². The molecule has 2 heterocycles. The normalized spacial score (nSPS) is 17.4. The van der Waals surface area contributed by atoms with Crippen LogP contribution in [0.5, 0.6) is 0 Å². The van der Waals surface area contributed by atoms with E-state index in [1.54, 1.807) is 0 Å². The smallest absolute Gasteiger partial charge is 0.229 e. The molecule has 1 unspecified atom stereocenters. The zero-order chi connectivity index (χ0) is 12.5. The largest absolute Gasteiger partial charge is 0.316 e. The molecule has 0 bridgehead atoms. The number of fused-ring (bicyclic) bond motifs is 1. The third kappa shape index (κ3) is 2.11. The van der Waals surface area contributed by atoms with E-state index >= 15 is 0 Å². The summed E-state index contributed by atoms with van der Waals surface area (Å²) < 4.78 is 1.10. The van der Waals surface area contributed by atoms with E-state index in [0.717, 1.165) is 23.3 Å². The first-order valence-electron chi connectivity index (χ1n) is 6.11. The van der Waals surface area contributed by atoms with Gasteiger partial charge in [0.2, 0.25) is 5.91 Å². The molecule has 0 radical (unpaired) electrons. The average molecular weight is 261 g/mol. The first-order valence-corrected chi connectivity index (χ1v) is 6.93. The van der Waals surface area contributed by atoms with Gasteiger partial charge in [-0.3, -0.25) is 4.79 Å². The first kappa shape index (κ1) is 11.6. The zero-order valence-electron chi connectivity index (χ0n) is 10.1. The molecule has 1 amide bonds. The maximum Gasteiger partial charge on any atom is 0.229 e. The quantitative estimate of drug-likeness (QED) is 0.889. The van der Waals surface area contributed by atoms with Crippen molar-refractivity contribution in [3.63, 3.8) is 0 Å². The van der Waals surface area contributed by atoms with Crippen LogP contribution < -0.4 is 10.6 Å². The Balaban J connectivity index is 1.73. The molecule has 1 atom stereocenters. The summed E-state index contributed by atoms with van der Waals surface area (Å²) in [4.78, 5) is 16.5. The van der Waals surface area contributed by atoms with Crippen LogP contribution in [0, 0.1) is 11.8 Å². The highest BCUT2D eigenvalue weighted by Crippen LogP contribution is 2.26. The average Bonchev–Trinajstić information content (AvgIpc) is 2.68. The maximum atomic E-state index is 12.1. The predicted octanol–water partition coefficient (Wildman–Crippen LogP) is 2.09. The van der Waals surface area contributed by atoms with Gasteiger partial charge < -0.3 is 10.6 Å². The Morgan fingerprint density at radius 3 is 2.94 bits per heavy atom. The highest BCUT2D eigenvalue weighted by atomic mass is 32.1. The molecule has 1 fully saturated rings. The van der Waals surface area contributed by atoms with Gasteiger partial charge in [0.1, 0.15) is 0 Å². The molecule has 0 aliphatic carbocycles. The predicted molar refractivity (Wildman–Crippen MR) is 73.8 cm³/mol. The number of thiazole rings is 1. The van der Waals surface area contributed by atoms with Gasteiger partial charge in [-0.15, -0.1) is 0 Å². The second-order valence-corrected chi connectivity index (χ2v) is 5.71. The molecule has 1 saturated heterocycles. The summed E-state index contributed by atoms with van der Waals surface area (Å²) in [5.74, 6) is 0.568. The number of nitrogens with one attached hydrogen (secondary N) is 2. The van der Waals surface area contributed by atoms with Crippen molar-refractivity contribution in [1.82, 2.24) is 10.3 Å². The highest BCUT2D eigenvalue weighted by molar-refractivity contribution is 7.22. The summed E-state index contributed by atoms with van der Waals surface area (Å²) in [5, 5.41) is 6.81. The van der Waals surface area contributed by atoms with Crippen LogP contribution in [-0.4, -0.2) is 24.0 Å². The third-order valence-electron chi connectivity index (χ3n) is 3.46. The fraction of sp³-hybridized carbons (Fsp3) is 0.385. The van der Waals surface area contributed by atoms with Crippen molar-refractivity contribution in [3.8, 4) is 0 Å². The van der Waals surface area contributed by atoms with Crippen LogP contribution in [0.4, 0.5) is 5.13 Å². The number of benzene rings is 1. The van der Waals surface area contributed by atoms with E-state index in [0.29, 0.717) is 11.0 Å². The molecule has 1 aromatic heterocycles. The zero-order valence-corrected chi connectivity index (χ0v) is 11.0. The molecule has 2 N–H and O–H groups in total. The lowest BCUT2D eigenvalue weighted by Gasteiger charge is -2.31. The molecule has 0 spiro atoms. The summed E-state index contributed by atoms with van der Waals surface area (Å²) >= 11 is 1.52. The fourth-order valence-electron chi connectivity index (χ4n) is 2.02. The van der Waals surface area contributed by atoms with Gasteiger partial charge in [0.25, 0.3) is 0 Å². The Labute approximate surface area is 109 Å². The van der Waals surface area contributed by atoms with Crippen LogP contribution in [0.15, 0.2) is 24.3 Å². The lowest BCUT2D eigenvalue weighted by atomic mass is 9.88. The number of rotatable bonds is 3. The van der Waals surface area contributed by atoms with Gasteiger partial charge in [-0.1, -0.05) is 30.4 Å². The van der Waals surface area contributed by atoms with Crippen LogP contribution in [0.2, 0.25) is 0 Å². The lowest BCUT2D eigenvalue weighted by molar-refractivity contribution is -0.121. The van der Waals surface area contributed by atoms with Crippen LogP contribution in [0.3, 0.4) is 0 Å². The van der Waals surface area contributed by atoms with Crippen molar-refractivity contribution in [2.75, 3.05) is 18.4 Å². The van der Waals surface area contributed by atoms with Crippen molar-refractivity contribution in [3.05, 3.63) is 24.3 Å². The number of anilines is 1. The SMILES string of the molecule is CC(C(=O)Nc1nc2ccccc2s1)C1CNC1. The van der Waals surface area contributed by atoms with E-state index in [2.05, 4.69) is 15.6 Å². The number of hydrogen-bond acceptors (Lipinski definition) is 4. The molecule has 94 valence electrons. The molecule has 1 aliphatic rings. The van der Waals surface area contributed by atoms with Gasteiger partial charge >= 0.3 is 0 Å². The van der Waals surface area contributed by atoms with Crippen LogP contribution in [-0.2, 0) is 4.79 Å². The molecule has 1 aromatic carbocycles. The Morgan fingerprint density at radius 1 is 1.50 bits per heavy atom. The van der Waals surface area contributed by atoms with Crippen LogP contribution >= 0.6 is 11.3 Å². The molecule has 18 heavy (non-hydrogen) atoms. The van der Waals surface area contributed by atoms with E-state index in [4.69, 9.17) is 0 Å². The van der Waals surface area contributed by atoms with Gasteiger partial charge in [0, 0.05) is 5.92 Å². The number of carbonyl (C=O) groups is 1. The standard InChI is InChI=1S/C13H15N3OS/c1-8(9-6-14-7-9)12(17)16-13-15-10-4-2-3-5-11(10)18-13/h2-5,8-9,14H,6-7H2,1H3,(H,15,16,17). The molecular formula is C13H15N3OS. The fourth-order valence-corrected chi connectivity index (χ4v) is 2.89. The van der Waals surface area contributed by atoms with Crippen molar-refractivity contribution in [2.24, 2.45) is 11.8 Å². The van der Waals surface area contributed by atoms with Crippen molar-refractivity contribution >= 4 is 32.6 Å². The molecule has 1 aliphatic heterocycles. The van der Waals surface area contributed by atoms with E-state index in [1.165, 1.54) is 11.3 Å². The molecule has 3 rings (SSSR count). The first-order chi connectivity index (χ1) is 8.74. The Hall–Kier alpha value is -1.46. The van der Waals surface area contributed by atoms with Gasteiger partial charge in [-0.05, 0) is 31.1 Å². The van der Waals surface area contributed by atoms with E-state index in [-0.39, 0.29) is 11.8 Å². The lowest BCUT2D eigenvalue weighted by Crippen LogP contribution is -2.48. The summed E-state index contributed by atoms with van der Waals surface area (Å²) in [7, 11) is 0. The molecule has 0 saturated carbocycles. The molecule has 2 aromatic rings. The number of hydrogen-bond donors (Lipinski definition) is 2. The summed E-state index contributed by atoms with van der Waals surface area (Å²) in [5.41, 5.74) is 0.941. The third-order valence-corrected chi connectivity index (χ3v) is 4.41. The number of carbonyl (C=O) groups excluding carboxylic acids is 1. The van der Waals surface area contributed by atoms with Gasteiger partial charge in [0.15, 0.2) is 5.13 Å². The minimum Gasteiger partial charge on any atom is -0.316 e. The van der Waals surface area contributed by atoms with Crippen molar-refractivity contribution in [2.45, 2.75) is 6.92 Å². The number of nitrogens with zero attached hydrogens (tertiary/aromatic N) is 1. The molecular weight excluding hydrogens is 246 g/mol. The minimum absolute atomic E-state index is 0.0401. The molecule has 4 nitrogen and oxygen atoms in total. The Bertz CT molecular complexity index is 543. The second-order valence-electron chi connectivity index (χ2n) is 4.68. The highest BCUT2D eigenvalue weighted by Gasteiger charge is 2.29. The monoisotopic (exact) mass is 261 g/mol. The van der Waals surface area contributed by atoms with E-state index in [9.17, 15) is 4.79 Å². The number of amides is 1. The van der Waals surface area contributed by atoms with Crippen molar-refractivity contribution in [1.29, 1.82) is 0 Å². The second kappa shape index (κ2) is 4.66. The van der Waals surface area contributed by atoms with Gasteiger partial charge in [0.05, 0.1) is 10.2 Å². The molecule has 5 heteroatoms. The van der Waals surface area contributed by atoms with Gasteiger partial charge in [-0.2, -0.15) is 0 Å². The maximum absolute atomic E-state index is 12.1. The summed E-state index contributed by atoms with van der Waals surface area (Å²) in [6, 6.07) is 7.91. The van der Waals surface area contributed by atoms with Gasteiger partial charge in [-0.25, -0.2) is 4.98 Å². The van der Waals surface area contributed by atoms with E-state index < -0.39 is 0 Å². The Kier molecular flexibility index (Phi) is 3.01. The number of aromatic nitrogens is 1. The Morgan fingerprint density at radius 2 is 2.28 bits per heavy atom. The summed E-state index contributed by atoms with van der Waals surface area (Å²) in [6.07, 6.45) is 0.